The van der Waals surface area contributed by atoms with Gasteiger partial charge in [0, 0.05) is 23.0 Å². The lowest BCUT2D eigenvalue weighted by molar-refractivity contribution is 0.415. The molecule has 134 valence electrons. The fourth-order valence-corrected chi connectivity index (χ4v) is 4.17. The van der Waals surface area contributed by atoms with Gasteiger partial charge in [-0.15, -0.1) is 0 Å². The van der Waals surface area contributed by atoms with Crippen molar-refractivity contribution < 1.29 is 4.74 Å². The van der Waals surface area contributed by atoms with Crippen molar-refractivity contribution in [1.29, 1.82) is 0 Å². The van der Waals surface area contributed by atoms with Gasteiger partial charge in [-0.1, -0.05) is 78.3 Å². The van der Waals surface area contributed by atoms with Crippen molar-refractivity contribution in [1.82, 2.24) is 0 Å². The molecule has 0 radical (unpaired) electrons. The number of fused-ring (bicyclic) bond motifs is 3. The Labute approximate surface area is 166 Å². The minimum Gasteiger partial charge on any atom is -0.497 e. The van der Waals surface area contributed by atoms with E-state index in [1.807, 2.05) is 6.07 Å². The predicted molar refractivity (Wildman–Crippen MR) is 118 cm³/mol. The molecule has 0 unspecified atom stereocenters. The van der Waals surface area contributed by atoms with Crippen molar-refractivity contribution in [2.45, 2.75) is 0 Å². The molecule has 4 aromatic carbocycles. The van der Waals surface area contributed by atoms with Crippen LogP contribution in [-0.2, 0) is 0 Å². The smallest absolute Gasteiger partial charge is 0.328 e. The van der Waals surface area contributed by atoms with Gasteiger partial charge in [0.05, 0.1) is 7.11 Å². The predicted octanol–water partition coefficient (Wildman–Crippen LogP) is 4.62. The highest BCUT2D eigenvalue weighted by atomic mass is 16.5. The van der Waals surface area contributed by atoms with Crippen molar-refractivity contribution in [2.75, 3.05) is 11.9 Å². The van der Waals surface area contributed by atoms with Gasteiger partial charge >= 0.3 is 6.85 Å². The Morgan fingerprint density at radius 2 is 1.36 bits per heavy atom. The molecule has 1 heterocycles. The van der Waals surface area contributed by atoms with E-state index in [0.717, 1.165) is 11.4 Å². The summed E-state index contributed by atoms with van der Waals surface area (Å²) in [5, 5.41) is 0. The van der Waals surface area contributed by atoms with Crippen molar-refractivity contribution in [3.8, 4) is 16.9 Å². The van der Waals surface area contributed by atoms with Crippen LogP contribution in [0.25, 0.3) is 11.1 Å². The molecule has 0 aliphatic carbocycles. The minimum absolute atomic E-state index is 0.0967. The minimum atomic E-state index is 0.0967. The van der Waals surface area contributed by atoms with Gasteiger partial charge in [0.25, 0.3) is 0 Å². The molecule has 0 fully saturated rings. The van der Waals surface area contributed by atoms with E-state index in [2.05, 4.69) is 102 Å². The van der Waals surface area contributed by atoms with Crippen LogP contribution in [0.3, 0.4) is 0 Å². The number of hydrogen-bond acceptors (Lipinski definition) is 2. The largest absolute Gasteiger partial charge is 0.497 e. The van der Waals surface area contributed by atoms with Gasteiger partial charge < -0.3 is 9.55 Å². The van der Waals surface area contributed by atoms with Crippen LogP contribution in [0.5, 0.6) is 5.75 Å². The molecule has 0 saturated heterocycles. The van der Waals surface area contributed by atoms with Crippen molar-refractivity contribution in [3.05, 3.63) is 103 Å². The molecule has 0 aromatic heterocycles. The van der Waals surface area contributed by atoms with Gasteiger partial charge in [-0.25, -0.2) is 0 Å². The van der Waals surface area contributed by atoms with Gasteiger partial charge in [-0.3, -0.25) is 0 Å². The van der Waals surface area contributed by atoms with Crippen LogP contribution in [0.1, 0.15) is 0 Å². The van der Waals surface area contributed by atoms with Crippen LogP contribution < -0.4 is 20.5 Å². The quantitative estimate of drug-likeness (QED) is 0.494. The number of methoxy groups -OCH3 is 1. The fourth-order valence-electron chi connectivity index (χ4n) is 4.17. The van der Waals surface area contributed by atoms with Crippen molar-refractivity contribution >= 4 is 29.1 Å². The Balaban J connectivity index is 1.84. The SMILES string of the molecule is COc1ccc2c(c1)N(c1ccccc1)B(c1ccccc1)c1ccccc1-2. The molecule has 2 nitrogen and oxygen atoms in total. The number of ether oxygens (including phenoxy) is 1. The maximum Gasteiger partial charge on any atom is 0.328 e. The maximum absolute atomic E-state index is 5.57. The molecule has 28 heavy (non-hydrogen) atoms. The monoisotopic (exact) mass is 361 g/mol. The molecule has 0 amide bonds. The van der Waals surface area contributed by atoms with E-state index in [1.54, 1.807) is 7.11 Å². The Kier molecular flexibility index (Phi) is 4.14. The van der Waals surface area contributed by atoms with Crippen LogP contribution in [-0.4, -0.2) is 14.0 Å². The topological polar surface area (TPSA) is 12.5 Å². The zero-order valence-electron chi connectivity index (χ0n) is 15.7. The summed E-state index contributed by atoms with van der Waals surface area (Å²) in [5.41, 5.74) is 7.43. The first-order chi connectivity index (χ1) is 13.9. The zero-order valence-corrected chi connectivity index (χ0v) is 15.7. The van der Waals surface area contributed by atoms with Crippen LogP contribution in [0, 0.1) is 0 Å². The third-order valence-electron chi connectivity index (χ3n) is 5.42. The number of benzene rings is 4. The Hall–Kier alpha value is -3.46. The second kappa shape index (κ2) is 6.93. The lowest BCUT2D eigenvalue weighted by atomic mass is 9.46. The highest BCUT2D eigenvalue weighted by Gasteiger charge is 2.36. The van der Waals surface area contributed by atoms with Crippen molar-refractivity contribution in [2.24, 2.45) is 0 Å². The van der Waals surface area contributed by atoms with Gasteiger partial charge in [0.15, 0.2) is 0 Å². The highest BCUT2D eigenvalue weighted by molar-refractivity contribution is 6.90. The second-order valence-corrected chi connectivity index (χ2v) is 6.99. The number of anilines is 2. The van der Waals surface area contributed by atoms with Crippen LogP contribution in [0.2, 0.25) is 0 Å². The summed E-state index contributed by atoms with van der Waals surface area (Å²) in [4.78, 5) is 2.43. The molecule has 5 rings (SSSR count). The van der Waals surface area contributed by atoms with E-state index in [9.17, 15) is 0 Å². The lowest BCUT2D eigenvalue weighted by Crippen LogP contribution is -2.57. The fraction of sp³-hybridized carbons (Fsp3) is 0.0400. The summed E-state index contributed by atoms with van der Waals surface area (Å²) < 4.78 is 5.57. The molecule has 0 N–H and O–H groups in total. The van der Waals surface area contributed by atoms with Gasteiger partial charge in [-0.05, 0) is 35.3 Å². The first-order valence-corrected chi connectivity index (χ1v) is 9.53. The molecule has 0 saturated carbocycles. The Morgan fingerprint density at radius 3 is 2.11 bits per heavy atom. The molecule has 1 aliphatic rings. The van der Waals surface area contributed by atoms with Crippen LogP contribution >= 0.6 is 0 Å². The van der Waals surface area contributed by atoms with E-state index in [0.29, 0.717) is 0 Å². The highest BCUT2D eigenvalue weighted by Crippen LogP contribution is 2.41. The number of nitrogens with zero attached hydrogens (tertiary/aromatic N) is 1. The molecule has 4 aromatic rings. The molecule has 3 heteroatoms. The Bertz CT molecular complexity index is 1110. The van der Waals surface area contributed by atoms with Crippen molar-refractivity contribution in [3.63, 3.8) is 0 Å². The van der Waals surface area contributed by atoms with Gasteiger partial charge in [0.2, 0.25) is 0 Å². The average molecular weight is 361 g/mol. The molecular formula is C25H20BNO. The van der Waals surface area contributed by atoms with Crippen LogP contribution in [0.15, 0.2) is 103 Å². The van der Waals surface area contributed by atoms with E-state index >= 15 is 0 Å². The first kappa shape index (κ1) is 16.7. The summed E-state index contributed by atoms with van der Waals surface area (Å²) in [5.74, 6) is 0.867. The second-order valence-electron chi connectivity index (χ2n) is 6.99. The molecule has 0 spiro atoms. The molecular weight excluding hydrogens is 341 g/mol. The van der Waals surface area contributed by atoms with E-state index in [4.69, 9.17) is 4.74 Å². The molecule has 1 aliphatic heterocycles. The normalized spacial score (nSPS) is 12.3. The Morgan fingerprint density at radius 1 is 0.679 bits per heavy atom. The summed E-state index contributed by atoms with van der Waals surface area (Å²) in [6.07, 6.45) is 0. The summed E-state index contributed by atoms with van der Waals surface area (Å²) >= 11 is 0. The standard InChI is InChI=1S/C25H20BNO/c1-28-21-16-17-23-22-14-8-9-15-24(22)26(19-10-4-2-5-11-19)27(25(23)18-21)20-12-6-3-7-13-20/h2-18H,1H3. The third kappa shape index (κ3) is 2.68. The molecule has 0 atom stereocenters. The summed E-state index contributed by atoms with van der Waals surface area (Å²) in [7, 11) is 1.72. The third-order valence-corrected chi connectivity index (χ3v) is 5.42. The van der Waals surface area contributed by atoms with E-state index in [-0.39, 0.29) is 6.85 Å². The number of para-hydroxylation sites is 1. The van der Waals surface area contributed by atoms with E-state index < -0.39 is 0 Å². The first-order valence-electron chi connectivity index (χ1n) is 9.53. The number of rotatable bonds is 3. The average Bonchev–Trinajstić information content (AvgIpc) is 2.79. The van der Waals surface area contributed by atoms with Gasteiger partial charge in [0.1, 0.15) is 5.75 Å². The molecule has 0 bridgehead atoms. The zero-order chi connectivity index (χ0) is 18.9. The lowest BCUT2D eigenvalue weighted by Gasteiger charge is -2.39. The summed E-state index contributed by atoms with van der Waals surface area (Å²) in [6, 6.07) is 36.4. The summed E-state index contributed by atoms with van der Waals surface area (Å²) in [6.45, 7) is 0.0967. The number of hydrogen-bond donors (Lipinski definition) is 0. The van der Waals surface area contributed by atoms with Crippen LogP contribution in [0.4, 0.5) is 11.4 Å². The van der Waals surface area contributed by atoms with E-state index in [1.165, 1.54) is 27.7 Å². The van der Waals surface area contributed by atoms with Gasteiger partial charge in [-0.2, -0.15) is 0 Å². The maximum atomic E-state index is 5.57.